The van der Waals surface area contributed by atoms with E-state index in [0.717, 1.165) is 55.3 Å². The highest BCUT2D eigenvalue weighted by Crippen LogP contribution is 2.21. The van der Waals surface area contributed by atoms with E-state index in [4.69, 9.17) is 9.47 Å². The predicted octanol–water partition coefficient (Wildman–Crippen LogP) is 3.08. The molecule has 0 aromatic heterocycles. The minimum absolute atomic E-state index is 0.0474. The molecule has 1 atom stereocenters. The first-order valence-corrected chi connectivity index (χ1v) is 10.1. The van der Waals surface area contributed by atoms with Crippen LogP contribution in [-0.2, 0) is 9.53 Å². The molecule has 1 unspecified atom stereocenters. The third-order valence-electron chi connectivity index (χ3n) is 5.32. The number of aryl methyl sites for hydroxylation is 1. The fourth-order valence-corrected chi connectivity index (χ4v) is 3.31. The molecule has 29 heavy (non-hydrogen) atoms. The smallest absolute Gasteiger partial charge is 0.262 e. The van der Waals surface area contributed by atoms with Crippen molar-refractivity contribution >= 4 is 11.6 Å². The number of ether oxygens (including phenoxy) is 2. The first-order valence-electron chi connectivity index (χ1n) is 10.1. The van der Waals surface area contributed by atoms with Crippen molar-refractivity contribution in [1.82, 2.24) is 4.90 Å². The van der Waals surface area contributed by atoms with Gasteiger partial charge in [-0.3, -0.25) is 9.69 Å². The fourth-order valence-electron chi connectivity index (χ4n) is 3.31. The molecule has 0 aliphatic carbocycles. The fraction of sp³-hybridized carbons (Fsp3) is 0.435. The highest BCUT2D eigenvalue weighted by Gasteiger charge is 2.14. The summed E-state index contributed by atoms with van der Waals surface area (Å²) in [5.41, 5.74) is 3.70. The van der Waals surface area contributed by atoms with E-state index in [2.05, 4.69) is 10.2 Å². The van der Waals surface area contributed by atoms with Crippen LogP contribution in [0.4, 0.5) is 5.69 Å². The Morgan fingerprint density at radius 1 is 1.17 bits per heavy atom. The maximum absolute atomic E-state index is 12.2. The number of carbonyl (C=O) groups is 1. The zero-order valence-electron chi connectivity index (χ0n) is 17.2. The average molecular weight is 399 g/mol. The molecule has 2 N–H and O–H groups in total. The lowest BCUT2D eigenvalue weighted by molar-refractivity contribution is -0.118. The van der Waals surface area contributed by atoms with E-state index in [1.807, 2.05) is 56.3 Å². The predicted molar refractivity (Wildman–Crippen MR) is 113 cm³/mol. The van der Waals surface area contributed by atoms with Crippen LogP contribution in [0.15, 0.2) is 42.5 Å². The quantitative estimate of drug-likeness (QED) is 0.715. The first-order chi connectivity index (χ1) is 14.0. The number of nitrogens with one attached hydrogen (secondary N) is 1. The molecule has 1 aliphatic heterocycles. The second-order valence-electron chi connectivity index (χ2n) is 7.42. The number of morpholine rings is 1. The van der Waals surface area contributed by atoms with E-state index in [0.29, 0.717) is 12.1 Å². The topological polar surface area (TPSA) is 71.0 Å². The monoisotopic (exact) mass is 398 g/mol. The molecule has 1 aliphatic rings. The standard InChI is InChI=1S/C23H30N2O4/c1-17-4-3-5-22(18(17)2)29-16-23(27)24-20-8-6-19(7-9-20)21(26)10-11-25-12-14-28-15-13-25/h3-9,21,26H,10-16H2,1-2H3,(H,24,27). The maximum Gasteiger partial charge on any atom is 0.262 e. The molecule has 1 heterocycles. The average Bonchev–Trinajstić information content (AvgIpc) is 2.74. The third kappa shape index (κ3) is 6.29. The van der Waals surface area contributed by atoms with Crippen LogP contribution in [0.5, 0.6) is 5.75 Å². The van der Waals surface area contributed by atoms with E-state index >= 15 is 0 Å². The minimum Gasteiger partial charge on any atom is -0.483 e. The van der Waals surface area contributed by atoms with Gasteiger partial charge in [-0.05, 0) is 55.2 Å². The normalized spacial score (nSPS) is 15.7. The van der Waals surface area contributed by atoms with E-state index in [-0.39, 0.29) is 12.5 Å². The van der Waals surface area contributed by atoms with Crippen LogP contribution >= 0.6 is 0 Å². The Labute approximate surface area is 172 Å². The lowest BCUT2D eigenvalue weighted by atomic mass is 10.1. The number of anilines is 1. The highest BCUT2D eigenvalue weighted by atomic mass is 16.5. The number of hydrogen-bond donors (Lipinski definition) is 2. The lowest BCUT2D eigenvalue weighted by Crippen LogP contribution is -2.37. The summed E-state index contributed by atoms with van der Waals surface area (Å²) in [5.74, 6) is 0.505. The van der Waals surface area contributed by atoms with Crippen molar-refractivity contribution in [3.05, 3.63) is 59.2 Å². The minimum atomic E-state index is -0.518. The molecule has 3 rings (SSSR count). The zero-order valence-corrected chi connectivity index (χ0v) is 17.2. The molecule has 2 aromatic rings. The molecule has 1 amide bonds. The number of nitrogens with zero attached hydrogens (tertiary/aromatic N) is 1. The molecular weight excluding hydrogens is 368 g/mol. The summed E-state index contributed by atoms with van der Waals surface area (Å²) < 4.78 is 11.0. The number of benzene rings is 2. The third-order valence-corrected chi connectivity index (χ3v) is 5.32. The van der Waals surface area contributed by atoms with Crippen LogP contribution in [0, 0.1) is 13.8 Å². The van der Waals surface area contributed by atoms with Crippen LogP contribution < -0.4 is 10.1 Å². The number of aliphatic hydroxyl groups excluding tert-OH is 1. The second-order valence-corrected chi connectivity index (χ2v) is 7.42. The van der Waals surface area contributed by atoms with Gasteiger partial charge in [-0.1, -0.05) is 24.3 Å². The van der Waals surface area contributed by atoms with Gasteiger partial charge in [0.25, 0.3) is 5.91 Å². The van der Waals surface area contributed by atoms with E-state index in [1.165, 1.54) is 0 Å². The van der Waals surface area contributed by atoms with Gasteiger partial charge in [0.2, 0.25) is 0 Å². The van der Waals surface area contributed by atoms with E-state index in [9.17, 15) is 9.90 Å². The van der Waals surface area contributed by atoms with Gasteiger partial charge in [-0.2, -0.15) is 0 Å². The van der Waals surface area contributed by atoms with Crippen LogP contribution in [0.25, 0.3) is 0 Å². The summed E-state index contributed by atoms with van der Waals surface area (Å²) in [5, 5.41) is 13.2. The van der Waals surface area contributed by atoms with Gasteiger partial charge in [0.05, 0.1) is 19.3 Å². The molecule has 6 heteroatoms. The second kappa shape index (κ2) is 10.4. The van der Waals surface area contributed by atoms with Gasteiger partial charge in [0, 0.05) is 25.3 Å². The molecule has 1 fully saturated rings. The van der Waals surface area contributed by atoms with Gasteiger partial charge in [-0.15, -0.1) is 0 Å². The lowest BCUT2D eigenvalue weighted by Gasteiger charge is -2.27. The molecule has 2 aromatic carbocycles. The first kappa shape index (κ1) is 21.3. The Morgan fingerprint density at radius 2 is 1.90 bits per heavy atom. The summed E-state index contributed by atoms with van der Waals surface area (Å²) in [6, 6.07) is 13.1. The number of hydrogen-bond acceptors (Lipinski definition) is 5. The van der Waals surface area contributed by atoms with Crippen molar-refractivity contribution < 1.29 is 19.4 Å². The Hall–Kier alpha value is -2.41. The van der Waals surface area contributed by atoms with Crippen molar-refractivity contribution in [2.45, 2.75) is 26.4 Å². The molecule has 0 saturated carbocycles. The van der Waals surface area contributed by atoms with E-state index < -0.39 is 6.10 Å². The number of amides is 1. The number of rotatable bonds is 8. The molecule has 156 valence electrons. The number of aliphatic hydroxyl groups is 1. The SMILES string of the molecule is Cc1cccc(OCC(=O)Nc2ccc(C(O)CCN3CCOCC3)cc2)c1C. The Balaban J connectivity index is 1.45. The van der Waals surface area contributed by atoms with Crippen LogP contribution in [-0.4, -0.2) is 55.4 Å². The number of carbonyl (C=O) groups excluding carboxylic acids is 1. The molecular formula is C23H30N2O4. The summed E-state index contributed by atoms with van der Waals surface area (Å²) in [6.07, 6.45) is 0.158. The van der Waals surface area contributed by atoms with Crippen LogP contribution in [0.3, 0.4) is 0 Å². The molecule has 0 bridgehead atoms. The Morgan fingerprint density at radius 3 is 2.62 bits per heavy atom. The van der Waals surface area contributed by atoms with Crippen molar-refractivity contribution in [3.63, 3.8) is 0 Å². The summed E-state index contributed by atoms with van der Waals surface area (Å²) in [4.78, 5) is 14.5. The van der Waals surface area contributed by atoms with E-state index in [1.54, 1.807) is 0 Å². The van der Waals surface area contributed by atoms with Crippen molar-refractivity contribution in [2.75, 3.05) is 44.8 Å². The summed E-state index contributed by atoms with van der Waals surface area (Å²) >= 11 is 0. The zero-order chi connectivity index (χ0) is 20.6. The molecule has 0 spiro atoms. The van der Waals surface area contributed by atoms with Crippen LogP contribution in [0.1, 0.15) is 29.2 Å². The van der Waals surface area contributed by atoms with Gasteiger partial charge in [0.15, 0.2) is 6.61 Å². The highest BCUT2D eigenvalue weighted by molar-refractivity contribution is 5.91. The molecule has 0 radical (unpaired) electrons. The van der Waals surface area contributed by atoms with Gasteiger partial charge in [0.1, 0.15) is 5.75 Å². The van der Waals surface area contributed by atoms with Gasteiger partial charge >= 0.3 is 0 Å². The van der Waals surface area contributed by atoms with Crippen molar-refractivity contribution in [1.29, 1.82) is 0 Å². The van der Waals surface area contributed by atoms with Crippen molar-refractivity contribution in [3.8, 4) is 5.75 Å². The largest absolute Gasteiger partial charge is 0.483 e. The maximum atomic E-state index is 12.2. The summed E-state index contributed by atoms with van der Waals surface area (Å²) in [7, 11) is 0. The Kier molecular flexibility index (Phi) is 7.63. The van der Waals surface area contributed by atoms with Crippen molar-refractivity contribution in [2.24, 2.45) is 0 Å². The molecule has 1 saturated heterocycles. The Bertz CT molecular complexity index is 801. The van der Waals surface area contributed by atoms with Gasteiger partial charge < -0.3 is 19.9 Å². The summed E-state index contributed by atoms with van der Waals surface area (Å²) in [6.45, 7) is 8.15. The van der Waals surface area contributed by atoms with Gasteiger partial charge in [-0.25, -0.2) is 0 Å². The molecule has 6 nitrogen and oxygen atoms in total. The van der Waals surface area contributed by atoms with Crippen LogP contribution in [0.2, 0.25) is 0 Å².